The Morgan fingerprint density at radius 3 is 2.48 bits per heavy atom. The molecule has 0 saturated carbocycles. The summed E-state index contributed by atoms with van der Waals surface area (Å²) in [4.78, 5) is 32.5. The summed E-state index contributed by atoms with van der Waals surface area (Å²) in [5.41, 5.74) is -1.16. The van der Waals surface area contributed by atoms with Gasteiger partial charge in [-0.25, -0.2) is 4.79 Å². The van der Waals surface area contributed by atoms with Crippen molar-refractivity contribution in [1.29, 1.82) is 0 Å². The zero-order valence-corrected chi connectivity index (χ0v) is 15.3. The summed E-state index contributed by atoms with van der Waals surface area (Å²) in [6.07, 6.45) is -3.77. The van der Waals surface area contributed by atoms with Gasteiger partial charge in [-0.15, -0.1) is 0 Å². The average Bonchev–Trinajstić information content (AvgIpc) is 2.59. The first kappa shape index (κ1) is 20.6. The lowest BCUT2D eigenvalue weighted by molar-refractivity contribution is -0.146. The lowest BCUT2D eigenvalue weighted by Crippen LogP contribution is -2.37. The quantitative estimate of drug-likeness (QED) is 0.745. The van der Waals surface area contributed by atoms with Gasteiger partial charge in [-0.2, -0.15) is 13.2 Å². The minimum absolute atomic E-state index is 0.0209. The predicted octanol–water partition coefficient (Wildman–Crippen LogP) is 3.28. The number of pyridine rings is 1. The van der Waals surface area contributed by atoms with Crippen LogP contribution in [0.25, 0.3) is 0 Å². The van der Waals surface area contributed by atoms with Crippen LogP contribution in [-0.2, 0) is 25.2 Å². The molecule has 0 fully saturated rings. The highest BCUT2D eigenvalue weighted by Crippen LogP contribution is 2.44. The molecule has 0 amide bonds. The molecule has 0 spiro atoms. The van der Waals surface area contributed by atoms with Crippen LogP contribution in [0.2, 0.25) is 0 Å². The number of ether oxygens (including phenoxy) is 2. The van der Waals surface area contributed by atoms with Crippen LogP contribution in [0.5, 0.6) is 0 Å². The molecule has 2 heterocycles. The van der Waals surface area contributed by atoms with E-state index in [-0.39, 0.29) is 29.2 Å². The van der Waals surface area contributed by atoms with E-state index in [9.17, 15) is 22.8 Å². The van der Waals surface area contributed by atoms with E-state index in [1.165, 1.54) is 26.0 Å². The van der Waals surface area contributed by atoms with Crippen molar-refractivity contribution in [1.82, 2.24) is 4.98 Å². The number of aromatic nitrogens is 1. The van der Waals surface area contributed by atoms with Crippen molar-refractivity contribution in [2.45, 2.75) is 32.9 Å². The summed E-state index contributed by atoms with van der Waals surface area (Å²) in [5, 5.41) is 0. The van der Waals surface area contributed by atoms with Crippen molar-refractivity contribution in [3.8, 4) is 0 Å². The average molecular weight is 384 g/mol. The van der Waals surface area contributed by atoms with Gasteiger partial charge in [0.25, 0.3) is 0 Å². The SMILES string of the molecule is CCOC(=O)C1=C(C)N=C(C)C(C(=O)OC)C1c1cccnc1C(F)(F)F. The topological polar surface area (TPSA) is 77.8 Å². The molecular weight excluding hydrogens is 365 g/mol. The molecule has 6 nitrogen and oxygen atoms in total. The lowest BCUT2D eigenvalue weighted by atomic mass is 9.75. The third-order valence-corrected chi connectivity index (χ3v) is 4.22. The highest BCUT2D eigenvalue weighted by Gasteiger charge is 2.46. The van der Waals surface area contributed by atoms with Gasteiger partial charge in [0.2, 0.25) is 0 Å². The highest BCUT2D eigenvalue weighted by atomic mass is 19.4. The van der Waals surface area contributed by atoms with Gasteiger partial charge in [0.05, 0.1) is 19.3 Å². The predicted molar refractivity (Wildman–Crippen MR) is 89.9 cm³/mol. The van der Waals surface area contributed by atoms with Crippen LogP contribution in [0.4, 0.5) is 13.2 Å². The molecule has 0 saturated heterocycles. The number of aliphatic imine (C=N–C) groups is 1. The van der Waals surface area contributed by atoms with E-state index < -0.39 is 35.6 Å². The highest BCUT2D eigenvalue weighted by molar-refractivity contribution is 6.07. The fourth-order valence-corrected chi connectivity index (χ4v) is 3.18. The summed E-state index contributed by atoms with van der Waals surface area (Å²) >= 11 is 0. The Kier molecular flexibility index (Phi) is 6.02. The number of halogens is 3. The first-order valence-electron chi connectivity index (χ1n) is 8.16. The number of esters is 2. The van der Waals surface area contributed by atoms with Gasteiger partial charge < -0.3 is 9.47 Å². The number of hydrogen-bond acceptors (Lipinski definition) is 6. The van der Waals surface area contributed by atoms with Gasteiger partial charge in [-0.1, -0.05) is 6.07 Å². The van der Waals surface area contributed by atoms with Crippen LogP contribution in [0.15, 0.2) is 34.6 Å². The van der Waals surface area contributed by atoms with Gasteiger partial charge in [0.1, 0.15) is 11.6 Å². The standard InChI is InChI=1S/C18H19F3N2O4/c1-5-27-17(25)13-10(3)23-9(2)12(16(24)26-4)14(13)11-7-6-8-22-15(11)18(19,20)21/h6-8,12,14H,5H2,1-4H3. The molecule has 9 heteroatoms. The van der Waals surface area contributed by atoms with Crippen LogP contribution >= 0.6 is 0 Å². The first-order chi connectivity index (χ1) is 12.6. The maximum absolute atomic E-state index is 13.5. The molecule has 1 aromatic rings. The van der Waals surface area contributed by atoms with Crippen LogP contribution < -0.4 is 0 Å². The summed E-state index contributed by atoms with van der Waals surface area (Å²) in [6, 6.07) is 2.51. The molecule has 27 heavy (non-hydrogen) atoms. The fraction of sp³-hybridized carbons (Fsp3) is 0.444. The van der Waals surface area contributed by atoms with E-state index in [2.05, 4.69) is 9.98 Å². The number of allylic oxidation sites excluding steroid dienone is 1. The second-order valence-corrected chi connectivity index (χ2v) is 5.89. The minimum Gasteiger partial charge on any atom is -0.468 e. The van der Waals surface area contributed by atoms with E-state index in [1.54, 1.807) is 6.92 Å². The Morgan fingerprint density at radius 1 is 1.26 bits per heavy atom. The van der Waals surface area contributed by atoms with E-state index in [0.717, 1.165) is 13.3 Å². The molecule has 0 radical (unpaired) electrons. The molecule has 146 valence electrons. The first-order valence-corrected chi connectivity index (χ1v) is 8.16. The van der Waals surface area contributed by atoms with Crippen LogP contribution in [0.1, 0.15) is 37.9 Å². The normalized spacial score (nSPS) is 20.2. The maximum atomic E-state index is 13.5. The molecule has 1 aliphatic heterocycles. The second kappa shape index (κ2) is 7.89. The van der Waals surface area contributed by atoms with Gasteiger partial charge in [0.15, 0.2) is 0 Å². The van der Waals surface area contributed by atoms with E-state index in [0.29, 0.717) is 0 Å². The molecule has 0 aliphatic carbocycles. The van der Waals surface area contributed by atoms with Crippen molar-refractivity contribution in [2.24, 2.45) is 10.9 Å². The van der Waals surface area contributed by atoms with Gasteiger partial charge in [-0.3, -0.25) is 14.8 Å². The van der Waals surface area contributed by atoms with Gasteiger partial charge >= 0.3 is 18.1 Å². The number of hydrogen-bond donors (Lipinski definition) is 0. The van der Waals surface area contributed by atoms with Crippen LogP contribution in [0, 0.1) is 5.92 Å². The summed E-state index contributed by atoms with van der Waals surface area (Å²) in [7, 11) is 1.12. The molecule has 2 rings (SSSR count). The van der Waals surface area contributed by atoms with Gasteiger partial charge in [-0.05, 0) is 32.4 Å². The third-order valence-electron chi connectivity index (χ3n) is 4.22. The monoisotopic (exact) mass is 384 g/mol. The Bertz CT molecular complexity index is 815. The summed E-state index contributed by atoms with van der Waals surface area (Å²) in [5.74, 6) is -4.11. The molecule has 0 aromatic carbocycles. The number of alkyl halides is 3. The van der Waals surface area contributed by atoms with E-state index in [1.807, 2.05) is 0 Å². The Morgan fingerprint density at radius 2 is 1.93 bits per heavy atom. The number of methoxy groups -OCH3 is 1. The summed E-state index contributed by atoms with van der Waals surface area (Å²) < 4.78 is 50.4. The minimum atomic E-state index is -4.77. The van der Waals surface area contributed by atoms with Crippen molar-refractivity contribution in [2.75, 3.05) is 13.7 Å². The molecule has 1 aromatic heterocycles. The Labute approximate surface area is 154 Å². The zero-order chi connectivity index (χ0) is 20.4. The molecule has 2 atom stereocenters. The zero-order valence-electron chi connectivity index (χ0n) is 15.3. The molecular formula is C18H19F3N2O4. The number of nitrogens with zero attached hydrogens (tertiary/aromatic N) is 2. The van der Waals surface area contributed by atoms with Crippen molar-refractivity contribution in [3.63, 3.8) is 0 Å². The van der Waals surface area contributed by atoms with E-state index in [4.69, 9.17) is 9.47 Å². The van der Waals surface area contributed by atoms with Crippen molar-refractivity contribution < 1.29 is 32.2 Å². The lowest BCUT2D eigenvalue weighted by Gasteiger charge is -2.32. The summed E-state index contributed by atoms with van der Waals surface area (Å²) in [6.45, 7) is 4.58. The largest absolute Gasteiger partial charge is 0.468 e. The smallest absolute Gasteiger partial charge is 0.433 e. The van der Waals surface area contributed by atoms with Crippen molar-refractivity contribution >= 4 is 17.7 Å². The Hall–Kier alpha value is -2.71. The maximum Gasteiger partial charge on any atom is 0.433 e. The van der Waals surface area contributed by atoms with E-state index >= 15 is 0 Å². The fourth-order valence-electron chi connectivity index (χ4n) is 3.18. The van der Waals surface area contributed by atoms with Gasteiger partial charge in [0, 0.05) is 23.5 Å². The van der Waals surface area contributed by atoms with Crippen LogP contribution in [0.3, 0.4) is 0 Å². The number of carbonyl (C=O) groups excluding carboxylic acids is 2. The number of carbonyl (C=O) groups is 2. The second-order valence-electron chi connectivity index (χ2n) is 5.89. The number of rotatable bonds is 4. The molecule has 0 N–H and O–H groups in total. The molecule has 0 bridgehead atoms. The van der Waals surface area contributed by atoms with Crippen molar-refractivity contribution in [3.05, 3.63) is 40.9 Å². The Balaban J connectivity index is 2.78. The molecule has 1 aliphatic rings. The molecule has 2 unspecified atom stereocenters. The third kappa shape index (κ3) is 4.01. The van der Waals surface area contributed by atoms with Crippen LogP contribution in [-0.4, -0.2) is 36.4 Å².